The van der Waals surface area contributed by atoms with Crippen molar-refractivity contribution < 1.29 is 14.2 Å². The standard InChI is InChI=1S/C18H23N3O.C17H19N3O.C11H9N3O.C6H10.2C2H3N/c1-18(2,3)17-12-21(19-20(17)4)13-22-16-10-9-14-7-5-6-8-15(14)11-16;1-17(2,3)16-11-20(19-18-16)12-21-15-9-8-13-6-4-5-7-14(13)10-15;12-14-13-8-15-11-6-5-9-3-1-2-4-10(9)7-11;1-5-6(2,3)4;2*1-2-3/h5-12,19H,13H2,1-4H3;4-11H,12H2,1-3H3;1-7H,8H2;1H,2-4H3;2*1H3. The molecular formula is C56H67N11O3. The van der Waals surface area contributed by atoms with Crippen molar-refractivity contribution in [2.75, 3.05) is 20.5 Å². The third kappa shape index (κ3) is 19.6. The number of terminal acetylenes is 1. The van der Waals surface area contributed by atoms with Crippen LogP contribution in [0.15, 0.2) is 151 Å². The number of hydrogen-bond donors (Lipinski definition) is 1. The summed E-state index contributed by atoms with van der Waals surface area (Å²) in [6, 6.07) is 46.0. The minimum absolute atomic E-state index is 0.00119. The molecule has 14 nitrogen and oxygen atoms in total. The summed E-state index contributed by atoms with van der Waals surface area (Å²) in [5, 5.41) is 37.3. The second-order valence-corrected chi connectivity index (χ2v) is 18.7. The Balaban J connectivity index is 0.000000252. The van der Waals surface area contributed by atoms with E-state index < -0.39 is 0 Å². The highest BCUT2D eigenvalue weighted by molar-refractivity contribution is 5.85. The van der Waals surface area contributed by atoms with Gasteiger partial charge in [-0.15, -0.1) is 23.0 Å². The fourth-order valence-electron chi connectivity index (χ4n) is 6.16. The van der Waals surface area contributed by atoms with Gasteiger partial charge in [0.05, 0.1) is 29.7 Å². The Hall–Kier alpha value is -8.21. The molecule has 0 amide bonds. The van der Waals surface area contributed by atoms with Crippen LogP contribution in [0.4, 0.5) is 0 Å². The fourth-order valence-corrected chi connectivity index (χ4v) is 6.16. The van der Waals surface area contributed by atoms with E-state index >= 15 is 0 Å². The third-order valence-corrected chi connectivity index (χ3v) is 9.68. The van der Waals surface area contributed by atoms with E-state index in [0.29, 0.717) is 19.2 Å². The normalized spacial score (nSPS) is 11.5. The summed E-state index contributed by atoms with van der Waals surface area (Å²) >= 11 is 0. The third-order valence-electron chi connectivity index (χ3n) is 9.68. The Morgan fingerprint density at radius 2 is 1.04 bits per heavy atom. The van der Waals surface area contributed by atoms with Crippen LogP contribution in [0.5, 0.6) is 17.2 Å². The lowest BCUT2D eigenvalue weighted by molar-refractivity contribution is 0.0701. The molecule has 0 aliphatic carbocycles. The van der Waals surface area contributed by atoms with E-state index in [1.165, 1.54) is 41.1 Å². The largest absolute Gasteiger partial charge is 0.488 e. The first-order valence-electron chi connectivity index (χ1n) is 22.6. The van der Waals surface area contributed by atoms with Gasteiger partial charge >= 0.3 is 0 Å². The lowest BCUT2D eigenvalue weighted by Crippen LogP contribution is -2.41. The van der Waals surface area contributed by atoms with E-state index in [4.69, 9.17) is 36.7 Å². The average molecular weight is 942 g/mol. The number of hydrazine groups is 2. The molecule has 1 N–H and O–H groups in total. The van der Waals surface area contributed by atoms with Crippen LogP contribution in [-0.2, 0) is 12.1 Å². The Labute approximate surface area is 414 Å². The first-order chi connectivity index (χ1) is 33.2. The highest BCUT2D eigenvalue weighted by Gasteiger charge is 2.27. The highest BCUT2D eigenvalue weighted by atomic mass is 16.5. The molecule has 0 bridgehead atoms. The van der Waals surface area contributed by atoms with E-state index in [9.17, 15) is 0 Å². The lowest BCUT2D eigenvalue weighted by Gasteiger charge is -2.27. The minimum Gasteiger partial charge on any atom is -0.488 e. The summed E-state index contributed by atoms with van der Waals surface area (Å²) in [4.78, 5) is 2.61. The molecule has 364 valence electrons. The molecule has 0 fully saturated rings. The van der Waals surface area contributed by atoms with Gasteiger partial charge in [-0.2, -0.15) is 10.5 Å². The second-order valence-electron chi connectivity index (χ2n) is 18.7. The van der Waals surface area contributed by atoms with Crippen molar-refractivity contribution in [3.8, 4) is 41.7 Å². The Bertz CT molecular complexity index is 2920. The maximum absolute atomic E-state index is 8.09. The summed E-state index contributed by atoms with van der Waals surface area (Å²) in [6.45, 7) is 22.7. The number of nitrogens with one attached hydrogen (secondary N) is 1. The monoisotopic (exact) mass is 942 g/mol. The molecule has 1 aliphatic rings. The number of allylic oxidation sites excluding steroid dienone is 1. The number of aromatic nitrogens is 3. The number of fused-ring (bicyclic) bond motifs is 3. The maximum Gasteiger partial charge on any atom is 0.182 e. The van der Waals surface area contributed by atoms with Gasteiger partial charge in [0.15, 0.2) is 20.2 Å². The van der Waals surface area contributed by atoms with Crippen LogP contribution in [0.1, 0.15) is 81.9 Å². The quantitative estimate of drug-likeness (QED) is 0.0635. The van der Waals surface area contributed by atoms with Crippen LogP contribution in [-0.4, -0.2) is 45.5 Å². The van der Waals surface area contributed by atoms with E-state index in [1.807, 2.05) is 129 Å². The van der Waals surface area contributed by atoms with E-state index in [1.54, 1.807) is 16.8 Å². The lowest BCUT2D eigenvalue weighted by atomic mass is 9.92. The van der Waals surface area contributed by atoms with Gasteiger partial charge in [-0.3, -0.25) is 10.0 Å². The molecule has 1 aliphatic heterocycles. The van der Waals surface area contributed by atoms with Crippen molar-refractivity contribution in [3.05, 3.63) is 162 Å². The Morgan fingerprint density at radius 3 is 1.40 bits per heavy atom. The Morgan fingerprint density at radius 1 is 0.643 bits per heavy atom. The van der Waals surface area contributed by atoms with Crippen LogP contribution in [0, 0.1) is 45.8 Å². The fraction of sp³-hybridized carbons (Fsp3) is 0.321. The first kappa shape index (κ1) is 56.1. The zero-order valence-corrected chi connectivity index (χ0v) is 42.7. The van der Waals surface area contributed by atoms with Crippen LogP contribution in [0.25, 0.3) is 42.8 Å². The van der Waals surface area contributed by atoms with E-state index in [-0.39, 0.29) is 23.0 Å². The molecule has 0 spiro atoms. The van der Waals surface area contributed by atoms with Gasteiger partial charge in [0.25, 0.3) is 0 Å². The molecule has 14 heteroatoms. The molecule has 0 unspecified atom stereocenters. The van der Waals surface area contributed by atoms with Gasteiger partial charge in [0, 0.05) is 48.3 Å². The topological polar surface area (TPSA) is 173 Å². The molecule has 0 radical (unpaired) electrons. The summed E-state index contributed by atoms with van der Waals surface area (Å²) in [7, 11) is 2.02. The number of hydrogen-bond acceptors (Lipinski definition) is 11. The number of rotatable bonds is 9. The summed E-state index contributed by atoms with van der Waals surface area (Å²) in [5.41, 5.74) is 13.7. The van der Waals surface area contributed by atoms with Gasteiger partial charge in [0.2, 0.25) is 0 Å². The number of nitriles is 2. The van der Waals surface area contributed by atoms with Gasteiger partial charge in [-0.05, 0) is 95.0 Å². The zero-order valence-electron chi connectivity index (χ0n) is 42.7. The SMILES string of the molecule is C#CC(C)(C)C.CC#N.CC#N.CC(C)(C)c1cn(COc2ccc3ccccc3c2)nn1.CN1NN(COc2ccc3ccccc3c2)C=C1C(C)(C)C.[N-]=[N+]=NCOc1ccc2ccccc2c1. The summed E-state index contributed by atoms with van der Waals surface area (Å²) in [6.07, 6.45) is 9.09. The molecule has 0 saturated carbocycles. The van der Waals surface area contributed by atoms with Gasteiger partial charge in [0.1, 0.15) is 17.2 Å². The molecule has 2 heterocycles. The summed E-state index contributed by atoms with van der Waals surface area (Å²) in [5.74, 6) is 5.02. The van der Waals surface area contributed by atoms with Crippen molar-refractivity contribution in [1.29, 1.82) is 10.5 Å². The van der Waals surface area contributed by atoms with Crippen molar-refractivity contribution in [2.45, 2.75) is 88.3 Å². The number of azide groups is 1. The molecule has 0 atom stereocenters. The zero-order chi connectivity index (χ0) is 51.7. The van der Waals surface area contributed by atoms with E-state index in [0.717, 1.165) is 28.0 Å². The van der Waals surface area contributed by atoms with Crippen LogP contribution < -0.4 is 19.7 Å². The van der Waals surface area contributed by atoms with Crippen molar-refractivity contribution in [2.24, 2.45) is 15.9 Å². The van der Waals surface area contributed by atoms with Gasteiger partial charge in [-0.1, -0.05) is 143 Å². The molecule has 70 heavy (non-hydrogen) atoms. The van der Waals surface area contributed by atoms with Crippen LogP contribution in [0.2, 0.25) is 0 Å². The first-order valence-corrected chi connectivity index (χ1v) is 22.6. The number of benzene rings is 6. The predicted molar refractivity (Wildman–Crippen MR) is 282 cm³/mol. The summed E-state index contributed by atoms with van der Waals surface area (Å²) < 4.78 is 18.6. The van der Waals surface area contributed by atoms with Gasteiger partial charge < -0.3 is 14.2 Å². The minimum atomic E-state index is 0.00119. The van der Waals surface area contributed by atoms with Crippen molar-refractivity contribution >= 4 is 32.3 Å². The number of nitrogens with zero attached hydrogens (tertiary/aromatic N) is 10. The molecule has 7 aromatic rings. The molecular weight excluding hydrogens is 875 g/mol. The van der Waals surface area contributed by atoms with Crippen LogP contribution in [0.3, 0.4) is 0 Å². The smallest absolute Gasteiger partial charge is 0.182 e. The Kier molecular flexibility index (Phi) is 22.1. The molecule has 1 aromatic heterocycles. The maximum atomic E-state index is 8.09. The molecule has 0 saturated heterocycles. The van der Waals surface area contributed by atoms with Crippen LogP contribution >= 0.6 is 0 Å². The molecule has 6 aromatic carbocycles. The number of ether oxygens (including phenoxy) is 3. The molecule has 8 rings (SSSR count). The second kappa shape index (κ2) is 27.6. The van der Waals surface area contributed by atoms with Crippen molar-refractivity contribution in [1.82, 2.24) is 30.5 Å². The van der Waals surface area contributed by atoms with E-state index in [2.05, 4.69) is 122 Å². The average Bonchev–Trinajstić information content (AvgIpc) is 3.98. The highest BCUT2D eigenvalue weighted by Crippen LogP contribution is 2.30. The predicted octanol–water partition coefficient (Wildman–Crippen LogP) is 13.7. The van der Waals surface area contributed by atoms with Gasteiger partial charge in [-0.25, -0.2) is 4.68 Å². The van der Waals surface area contributed by atoms with Crippen molar-refractivity contribution in [3.63, 3.8) is 0 Å².